The summed E-state index contributed by atoms with van der Waals surface area (Å²) >= 11 is 0. The molecule has 0 aromatic carbocycles. The average Bonchev–Trinajstić information content (AvgIpc) is 1.41. The van der Waals surface area contributed by atoms with Crippen molar-refractivity contribution in [2.75, 3.05) is 6.86 Å². The van der Waals surface area contributed by atoms with E-state index in [1.165, 1.54) is 0 Å². The molecule has 0 aliphatic heterocycles. The van der Waals surface area contributed by atoms with Crippen LogP contribution >= 0.6 is 0 Å². The molecule has 0 bridgehead atoms. The smallest absolute Gasteiger partial charge is 0.430 e. The molecule has 1 N–H and O–H groups in total. The first kappa shape index (κ1) is 4.91. The molecule has 0 unspecified atom stereocenters. The van der Waals surface area contributed by atoms with E-state index in [2.05, 4.69) is 4.65 Å². The molecule has 0 heterocycles. The summed E-state index contributed by atoms with van der Waals surface area (Å²) in [6.07, 6.45) is 0. The van der Waals surface area contributed by atoms with Crippen molar-refractivity contribution >= 4 is 7.69 Å². The largest absolute Gasteiger partial charge is 0.437 e. The molecule has 0 aromatic heterocycles. The third-order valence-electron chi connectivity index (χ3n) is 0.168. The zero-order valence-corrected chi connectivity index (χ0v) is 2.65. The van der Waals surface area contributed by atoms with Gasteiger partial charge in [-0.2, -0.15) is 0 Å². The Morgan fingerprint density at radius 3 is 2.60 bits per heavy atom. The number of hydrogen-bond donors (Lipinski definition) is 1. The normalized spacial score (nSPS) is 7.60. The van der Waals surface area contributed by atoms with Gasteiger partial charge in [0.15, 0.2) is 6.86 Å². The van der Waals surface area contributed by atoms with Gasteiger partial charge in [0.05, 0.1) is 0 Å². The molecule has 0 radical (unpaired) electrons. The van der Waals surface area contributed by atoms with Crippen LogP contribution in [0.25, 0.3) is 0 Å². The van der Waals surface area contributed by atoms with Crippen molar-refractivity contribution in [3.8, 4) is 0 Å². The highest BCUT2D eigenvalue weighted by Gasteiger charge is 1.74. The van der Waals surface area contributed by atoms with Crippen LogP contribution in [-0.4, -0.2) is 19.6 Å². The van der Waals surface area contributed by atoms with Crippen LogP contribution in [0.2, 0.25) is 0 Å². The predicted octanol–water partition coefficient (Wildman–Crippen LogP) is -0.811. The summed E-state index contributed by atoms with van der Waals surface area (Å²) < 4.78 is 14.3. The first-order chi connectivity index (χ1) is 2.41. The van der Waals surface area contributed by atoms with Crippen LogP contribution in [0.15, 0.2) is 0 Å². The van der Waals surface area contributed by atoms with E-state index in [4.69, 9.17) is 5.02 Å². The van der Waals surface area contributed by atoms with Gasteiger partial charge in [0.25, 0.3) is 0 Å². The molecule has 0 aliphatic carbocycles. The molecule has 0 saturated carbocycles. The lowest BCUT2D eigenvalue weighted by molar-refractivity contribution is 0.175. The molecule has 0 aromatic rings. The molecule has 0 amide bonds. The van der Waals surface area contributed by atoms with E-state index in [0.29, 0.717) is 0 Å². The summed E-state index contributed by atoms with van der Waals surface area (Å²) in [6, 6.07) is 0. The minimum Gasteiger partial charge on any atom is -0.430 e. The molecule has 0 fully saturated rings. The van der Waals surface area contributed by atoms with Gasteiger partial charge in [-0.3, -0.25) is 0 Å². The Labute approximate surface area is 29.9 Å². The van der Waals surface area contributed by atoms with Crippen LogP contribution < -0.4 is 0 Å². The van der Waals surface area contributed by atoms with Crippen molar-refractivity contribution in [3.63, 3.8) is 0 Å². The fourth-order valence-electron chi connectivity index (χ4n) is 0.0345. The molecule has 0 rings (SSSR count). The molecule has 0 saturated heterocycles. The summed E-state index contributed by atoms with van der Waals surface area (Å²) in [7, 11) is -0.531. The van der Waals surface area contributed by atoms with Gasteiger partial charge in [-0.05, 0) is 0 Å². The molecule has 2 nitrogen and oxygen atoms in total. The van der Waals surface area contributed by atoms with Gasteiger partial charge in [-0.25, -0.2) is 4.39 Å². The van der Waals surface area contributed by atoms with Crippen molar-refractivity contribution in [1.29, 1.82) is 0 Å². The summed E-state index contributed by atoms with van der Waals surface area (Å²) in [6.45, 7) is -0.906. The third-order valence-corrected chi connectivity index (χ3v) is 0.168. The molecule has 0 aliphatic rings. The Morgan fingerprint density at radius 2 is 2.60 bits per heavy atom. The first-order valence-corrected chi connectivity index (χ1v) is 1.16. The number of hydrogen-bond acceptors (Lipinski definition) is 2. The quantitative estimate of drug-likeness (QED) is 0.437. The van der Waals surface area contributed by atoms with E-state index in [-0.39, 0.29) is 0 Å². The Morgan fingerprint density at radius 1 is 2.00 bits per heavy atom. The predicted molar refractivity (Wildman–Crippen MR) is 16.4 cm³/mol. The van der Waals surface area contributed by atoms with Crippen molar-refractivity contribution in [2.24, 2.45) is 0 Å². The standard InChI is InChI=1S/CH4BFO2/c3-1-5-2-4/h2,4H,1H2. The van der Waals surface area contributed by atoms with E-state index in [9.17, 15) is 4.39 Å². The molecule has 5 heavy (non-hydrogen) atoms. The van der Waals surface area contributed by atoms with E-state index < -0.39 is 14.5 Å². The highest BCUT2D eigenvalue weighted by molar-refractivity contribution is 6.15. The Bertz CT molecular complexity index is 17.1. The zero-order chi connectivity index (χ0) is 4.12. The van der Waals surface area contributed by atoms with Gasteiger partial charge < -0.3 is 9.68 Å². The first-order valence-electron chi connectivity index (χ1n) is 1.16. The number of halogens is 1. The molecule has 30 valence electrons. The Kier molecular flexibility index (Phi) is 3.85. The monoisotopic (exact) mass is 78.0 g/mol. The van der Waals surface area contributed by atoms with Crippen LogP contribution in [-0.2, 0) is 4.65 Å². The second kappa shape index (κ2) is 3.91. The molecule has 0 atom stereocenters. The third kappa shape index (κ3) is 3.91. The molecule has 4 heteroatoms. The lowest BCUT2D eigenvalue weighted by Gasteiger charge is -1.80. The fourth-order valence-corrected chi connectivity index (χ4v) is 0.0345. The van der Waals surface area contributed by atoms with Crippen molar-refractivity contribution in [3.05, 3.63) is 0 Å². The van der Waals surface area contributed by atoms with Gasteiger partial charge in [-0.1, -0.05) is 0 Å². The van der Waals surface area contributed by atoms with E-state index in [1.807, 2.05) is 0 Å². The van der Waals surface area contributed by atoms with Crippen LogP contribution in [0.4, 0.5) is 4.39 Å². The molecular formula is CH4BFO2. The summed E-state index contributed by atoms with van der Waals surface area (Å²) in [5.41, 5.74) is 0. The second-order valence-electron chi connectivity index (χ2n) is 0.442. The fraction of sp³-hybridized carbons (Fsp3) is 1.00. The van der Waals surface area contributed by atoms with Gasteiger partial charge in [0.2, 0.25) is 0 Å². The maximum atomic E-state index is 10.6. The Balaban J connectivity index is 2.19. The van der Waals surface area contributed by atoms with Crippen LogP contribution in [0.5, 0.6) is 0 Å². The van der Waals surface area contributed by atoms with E-state index in [1.54, 1.807) is 0 Å². The van der Waals surface area contributed by atoms with E-state index in [0.717, 1.165) is 0 Å². The number of alkyl halides is 1. The number of rotatable bonds is 2. The summed E-state index contributed by atoms with van der Waals surface area (Å²) in [5, 5.41) is 7.60. The lowest BCUT2D eigenvalue weighted by atomic mass is 10.4. The van der Waals surface area contributed by atoms with Gasteiger partial charge >= 0.3 is 7.69 Å². The molecular weight excluding hydrogens is 73.8 g/mol. The summed E-state index contributed by atoms with van der Waals surface area (Å²) in [4.78, 5) is 0. The average molecular weight is 77.9 g/mol. The van der Waals surface area contributed by atoms with Crippen LogP contribution in [0.3, 0.4) is 0 Å². The summed E-state index contributed by atoms with van der Waals surface area (Å²) in [5.74, 6) is 0. The van der Waals surface area contributed by atoms with Gasteiger partial charge in [0.1, 0.15) is 0 Å². The van der Waals surface area contributed by atoms with Crippen molar-refractivity contribution in [1.82, 2.24) is 0 Å². The maximum absolute atomic E-state index is 10.6. The Hall–Kier alpha value is -0.0851. The van der Waals surface area contributed by atoms with Gasteiger partial charge in [-0.15, -0.1) is 0 Å². The van der Waals surface area contributed by atoms with Crippen molar-refractivity contribution in [2.45, 2.75) is 0 Å². The highest BCUT2D eigenvalue weighted by atomic mass is 19.1. The minimum absolute atomic E-state index is 0.531. The molecule has 0 spiro atoms. The highest BCUT2D eigenvalue weighted by Crippen LogP contribution is 1.62. The van der Waals surface area contributed by atoms with E-state index >= 15 is 0 Å². The zero-order valence-electron chi connectivity index (χ0n) is 2.65. The van der Waals surface area contributed by atoms with Crippen LogP contribution in [0.1, 0.15) is 0 Å². The van der Waals surface area contributed by atoms with Crippen LogP contribution in [0, 0.1) is 0 Å². The second-order valence-corrected chi connectivity index (χ2v) is 0.442. The topological polar surface area (TPSA) is 29.5 Å². The minimum atomic E-state index is -0.906. The van der Waals surface area contributed by atoms with Crippen molar-refractivity contribution < 1.29 is 14.1 Å². The SMILES string of the molecule is OBOCF. The maximum Gasteiger partial charge on any atom is 0.437 e. The lowest BCUT2D eigenvalue weighted by Crippen LogP contribution is -1.92. The van der Waals surface area contributed by atoms with Gasteiger partial charge in [0, 0.05) is 0 Å².